The summed E-state index contributed by atoms with van der Waals surface area (Å²) in [5.74, 6) is -5.18. The summed E-state index contributed by atoms with van der Waals surface area (Å²) in [5.41, 5.74) is 7.75. The number of benzene rings is 3. The fourth-order valence-corrected chi connectivity index (χ4v) is 5.20. The molecule has 220 valence electrons. The summed E-state index contributed by atoms with van der Waals surface area (Å²) in [5, 5.41) is 7.12. The Hall–Kier alpha value is -4.83. The molecule has 1 aliphatic heterocycles. The van der Waals surface area contributed by atoms with Crippen molar-refractivity contribution in [1.82, 2.24) is 9.78 Å². The van der Waals surface area contributed by atoms with E-state index in [0.717, 1.165) is 17.3 Å². The molecule has 0 radical (unpaired) electrons. The van der Waals surface area contributed by atoms with Gasteiger partial charge in [-0.05, 0) is 61.4 Å². The Kier molecular flexibility index (Phi) is 8.40. The molecule has 5 rings (SSSR count). The van der Waals surface area contributed by atoms with Crippen molar-refractivity contribution < 1.29 is 23.2 Å². The Balaban J connectivity index is 1.44. The third kappa shape index (κ3) is 6.65. The molecule has 0 saturated carbocycles. The molecule has 11 heteroatoms. The Morgan fingerprint density at radius 2 is 1.86 bits per heavy atom. The molecule has 3 amide bonds. The number of carbonyl (C=O) groups excluding carboxylic acids is 3. The number of hydrogen-bond donors (Lipinski definition) is 2. The third-order valence-corrected chi connectivity index (χ3v) is 7.39. The van der Waals surface area contributed by atoms with Crippen molar-refractivity contribution in [3.63, 3.8) is 0 Å². The van der Waals surface area contributed by atoms with E-state index in [-0.39, 0.29) is 34.8 Å². The first-order valence-corrected chi connectivity index (χ1v) is 13.9. The Morgan fingerprint density at radius 3 is 2.58 bits per heavy atom. The number of aryl methyl sites for hydroxylation is 2. The van der Waals surface area contributed by atoms with Crippen LogP contribution >= 0.6 is 11.6 Å². The Bertz CT molecular complexity index is 1750. The van der Waals surface area contributed by atoms with Crippen LogP contribution in [-0.2, 0) is 16.0 Å². The molecule has 0 fully saturated rings. The molecule has 3 N–H and O–H groups in total. The molecule has 4 aromatic rings. The minimum absolute atomic E-state index is 0.0588. The lowest BCUT2D eigenvalue weighted by molar-refractivity contribution is -0.118. The number of aromatic nitrogens is 2. The maximum absolute atomic E-state index is 15.6. The van der Waals surface area contributed by atoms with Crippen LogP contribution in [0, 0.1) is 6.92 Å². The van der Waals surface area contributed by atoms with E-state index in [0.29, 0.717) is 17.8 Å². The molecule has 0 atom stereocenters. The van der Waals surface area contributed by atoms with Crippen molar-refractivity contribution >= 4 is 46.3 Å². The van der Waals surface area contributed by atoms with Crippen molar-refractivity contribution in [3.05, 3.63) is 112 Å². The highest BCUT2D eigenvalue weighted by Crippen LogP contribution is 2.43. The molecule has 0 bridgehead atoms. The second-order valence-corrected chi connectivity index (χ2v) is 10.6. The fourth-order valence-electron chi connectivity index (χ4n) is 4.94. The highest BCUT2D eigenvalue weighted by atomic mass is 35.5. The van der Waals surface area contributed by atoms with Crippen LogP contribution in [0.4, 0.5) is 20.2 Å². The highest BCUT2D eigenvalue weighted by molar-refractivity contribution is 6.34. The van der Waals surface area contributed by atoms with Crippen LogP contribution < -0.4 is 16.0 Å². The maximum atomic E-state index is 15.6. The van der Waals surface area contributed by atoms with E-state index in [1.54, 1.807) is 71.5 Å². The van der Waals surface area contributed by atoms with Crippen LogP contribution in [0.5, 0.6) is 0 Å². The lowest BCUT2D eigenvalue weighted by Crippen LogP contribution is -2.33. The SMILES string of the molecule is Cc1ccn(-c2ccc(C(=O)N3CCC(F)(F)/C(=C\C(=O)Nc4cccc(CCC(N)=O)c4)c4ccccc43)c(Cl)c2)n1. The van der Waals surface area contributed by atoms with Gasteiger partial charge < -0.3 is 16.0 Å². The smallest absolute Gasteiger partial charge is 0.275 e. The third-order valence-electron chi connectivity index (χ3n) is 7.07. The van der Waals surface area contributed by atoms with Gasteiger partial charge in [0.2, 0.25) is 11.8 Å². The molecule has 0 aliphatic carbocycles. The largest absolute Gasteiger partial charge is 0.370 e. The first-order chi connectivity index (χ1) is 20.5. The second kappa shape index (κ2) is 12.2. The van der Waals surface area contributed by atoms with Gasteiger partial charge in [0.25, 0.3) is 11.8 Å². The summed E-state index contributed by atoms with van der Waals surface area (Å²) in [6, 6.07) is 19.6. The molecule has 43 heavy (non-hydrogen) atoms. The summed E-state index contributed by atoms with van der Waals surface area (Å²) in [7, 11) is 0. The topological polar surface area (TPSA) is 110 Å². The number of fused-ring (bicyclic) bond motifs is 1. The van der Waals surface area contributed by atoms with Gasteiger partial charge in [0.1, 0.15) is 0 Å². The Labute approximate surface area is 251 Å². The number of alkyl halides is 2. The van der Waals surface area contributed by atoms with E-state index in [1.807, 2.05) is 13.0 Å². The van der Waals surface area contributed by atoms with Gasteiger partial charge in [-0.3, -0.25) is 14.4 Å². The number of hydrogen-bond acceptors (Lipinski definition) is 4. The van der Waals surface area contributed by atoms with Gasteiger partial charge in [0, 0.05) is 48.5 Å². The number of nitrogens with two attached hydrogens (primary N) is 1. The molecule has 0 saturated heterocycles. The van der Waals surface area contributed by atoms with Gasteiger partial charge in [-0.15, -0.1) is 0 Å². The fraction of sp³-hybridized carbons (Fsp3) is 0.188. The van der Waals surface area contributed by atoms with Crippen LogP contribution in [0.25, 0.3) is 11.3 Å². The van der Waals surface area contributed by atoms with Gasteiger partial charge in [-0.2, -0.15) is 5.10 Å². The number of nitrogens with one attached hydrogen (secondary N) is 1. The molecule has 0 spiro atoms. The summed E-state index contributed by atoms with van der Waals surface area (Å²) in [6.45, 7) is 1.54. The molecule has 3 aromatic carbocycles. The Morgan fingerprint density at radius 1 is 1.07 bits per heavy atom. The van der Waals surface area contributed by atoms with E-state index >= 15 is 8.78 Å². The molecule has 1 aromatic heterocycles. The molecular weight excluding hydrogens is 576 g/mol. The molecule has 1 aliphatic rings. The van der Waals surface area contributed by atoms with Gasteiger partial charge >= 0.3 is 0 Å². The predicted octanol–water partition coefficient (Wildman–Crippen LogP) is 5.96. The highest BCUT2D eigenvalue weighted by Gasteiger charge is 2.41. The molecule has 2 heterocycles. The number of para-hydroxylation sites is 1. The summed E-state index contributed by atoms with van der Waals surface area (Å²) in [4.78, 5) is 39.1. The number of halogens is 3. The van der Waals surface area contributed by atoms with Crippen molar-refractivity contribution in [2.75, 3.05) is 16.8 Å². The number of allylic oxidation sites excluding steroid dienone is 1. The lowest BCUT2D eigenvalue weighted by atomic mass is 9.97. The van der Waals surface area contributed by atoms with Crippen LogP contribution in [-0.4, -0.2) is 40.0 Å². The van der Waals surface area contributed by atoms with Crippen molar-refractivity contribution in [1.29, 1.82) is 0 Å². The van der Waals surface area contributed by atoms with Gasteiger partial charge in [-0.1, -0.05) is 41.9 Å². The summed E-state index contributed by atoms with van der Waals surface area (Å²) in [6.07, 6.45) is 2.44. The van der Waals surface area contributed by atoms with Gasteiger partial charge in [0.05, 0.1) is 27.7 Å². The lowest BCUT2D eigenvalue weighted by Gasteiger charge is -2.23. The normalized spacial score (nSPS) is 15.1. The zero-order valence-electron chi connectivity index (χ0n) is 23.2. The van der Waals surface area contributed by atoms with Crippen LogP contribution in [0.15, 0.2) is 85.1 Å². The van der Waals surface area contributed by atoms with Crippen molar-refractivity contribution in [2.45, 2.75) is 32.1 Å². The number of carbonyl (C=O) groups is 3. The average Bonchev–Trinajstić information content (AvgIpc) is 3.37. The first kappa shape index (κ1) is 29.7. The van der Waals surface area contributed by atoms with Crippen molar-refractivity contribution in [2.24, 2.45) is 5.73 Å². The number of rotatable bonds is 7. The number of anilines is 2. The van der Waals surface area contributed by atoms with Crippen LogP contribution in [0.2, 0.25) is 5.02 Å². The van der Waals surface area contributed by atoms with Crippen molar-refractivity contribution in [3.8, 4) is 5.69 Å². The standard InChI is InChI=1S/C32H28ClF2N5O3/c1-20-13-15-40(38-20)23-10-11-25(27(33)18-23)31(43)39-16-14-32(34,35)26(24-7-2-3-8-28(24)39)19-30(42)37-22-6-4-5-21(17-22)9-12-29(36)41/h2-8,10-11,13,15,17-19H,9,12,14,16H2,1H3,(H2,36,41)(H,37,42)/b26-19-. The quantitative estimate of drug-likeness (QED) is 0.254. The van der Waals surface area contributed by atoms with Crippen LogP contribution in [0.3, 0.4) is 0 Å². The zero-order valence-corrected chi connectivity index (χ0v) is 23.9. The average molecular weight is 604 g/mol. The minimum atomic E-state index is -3.42. The molecule has 0 unspecified atom stereocenters. The van der Waals surface area contributed by atoms with E-state index in [1.165, 1.54) is 11.0 Å². The number of nitrogens with zero attached hydrogens (tertiary/aromatic N) is 3. The summed E-state index contributed by atoms with van der Waals surface area (Å²) >= 11 is 6.52. The maximum Gasteiger partial charge on any atom is 0.275 e. The second-order valence-electron chi connectivity index (χ2n) is 10.2. The van der Waals surface area contributed by atoms with Crippen LogP contribution in [0.1, 0.15) is 40.0 Å². The minimum Gasteiger partial charge on any atom is -0.370 e. The van der Waals surface area contributed by atoms with E-state index in [4.69, 9.17) is 17.3 Å². The monoisotopic (exact) mass is 603 g/mol. The van der Waals surface area contributed by atoms with E-state index < -0.39 is 35.6 Å². The molecular formula is C32H28ClF2N5O3. The van der Waals surface area contributed by atoms with E-state index in [2.05, 4.69) is 10.4 Å². The van der Waals surface area contributed by atoms with Gasteiger partial charge in [0.15, 0.2) is 0 Å². The first-order valence-electron chi connectivity index (χ1n) is 13.5. The van der Waals surface area contributed by atoms with Gasteiger partial charge in [-0.25, -0.2) is 13.5 Å². The number of amides is 3. The molecule has 8 nitrogen and oxygen atoms in total. The zero-order chi connectivity index (χ0) is 30.7. The number of primary amides is 1. The van der Waals surface area contributed by atoms with E-state index in [9.17, 15) is 14.4 Å². The predicted molar refractivity (Wildman–Crippen MR) is 162 cm³/mol. The summed E-state index contributed by atoms with van der Waals surface area (Å²) < 4.78 is 32.9.